The normalized spacial score (nSPS) is 11.3. The Kier molecular flexibility index (Phi) is 3.32. The van der Waals surface area contributed by atoms with Gasteiger partial charge in [-0.1, -0.05) is 60.7 Å². The second-order valence-electron chi connectivity index (χ2n) is 6.36. The molecule has 0 bridgehead atoms. The van der Waals surface area contributed by atoms with Crippen molar-refractivity contribution in [1.29, 1.82) is 0 Å². The number of fused-ring (bicyclic) bond motifs is 3. The molecule has 0 unspecified atom stereocenters. The lowest BCUT2D eigenvalue weighted by molar-refractivity contribution is 0.670. The van der Waals surface area contributed by atoms with Crippen LogP contribution in [0.15, 0.2) is 83.3 Å². The van der Waals surface area contributed by atoms with Crippen molar-refractivity contribution in [3.05, 3.63) is 84.6 Å². The Labute approximate surface area is 151 Å². The molecule has 0 saturated carbocycles. The Morgan fingerprint density at radius 3 is 2.38 bits per heavy atom. The highest BCUT2D eigenvalue weighted by Crippen LogP contribution is 2.35. The molecule has 3 nitrogen and oxygen atoms in total. The number of benzene rings is 3. The van der Waals surface area contributed by atoms with Gasteiger partial charge in [0, 0.05) is 27.6 Å². The molecule has 5 aromatic rings. The van der Waals surface area contributed by atoms with Crippen LogP contribution in [0.2, 0.25) is 0 Å². The Morgan fingerprint density at radius 1 is 0.731 bits per heavy atom. The Hall–Kier alpha value is -3.46. The van der Waals surface area contributed by atoms with Crippen molar-refractivity contribution < 1.29 is 4.42 Å². The zero-order valence-corrected chi connectivity index (χ0v) is 14.3. The zero-order chi connectivity index (χ0) is 17.5. The van der Waals surface area contributed by atoms with E-state index in [1.807, 2.05) is 61.5 Å². The summed E-state index contributed by atoms with van der Waals surface area (Å²) in [5, 5.41) is 2.23. The largest absolute Gasteiger partial charge is 0.455 e. The minimum atomic E-state index is 0.730. The molecule has 0 fully saturated rings. The summed E-state index contributed by atoms with van der Waals surface area (Å²) in [5.74, 6) is 0.730. The first kappa shape index (κ1) is 14.8. The molecule has 0 amide bonds. The third kappa shape index (κ3) is 2.37. The van der Waals surface area contributed by atoms with Crippen LogP contribution in [0.4, 0.5) is 0 Å². The summed E-state index contributed by atoms with van der Waals surface area (Å²) in [5.41, 5.74) is 5.56. The van der Waals surface area contributed by atoms with E-state index in [0.29, 0.717) is 0 Å². The van der Waals surface area contributed by atoms with E-state index >= 15 is 0 Å². The number of aromatic nitrogens is 2. The number of para-hydroxylation sites is 2. The van der Waals surface area contributed by atoms with E-state index in [-0.39, 0.29) is 0 Å². The van der Waals surface area contributed by atoms with E-state index in [1.54, 1.807) is 0 Å². The molecule has 2 heterocycles. The van der Waals surface area contributed by atoms with Crippen LogP contribution in [0.1, 0.15) is 5.69 Å². The van der Waals surface area contributed by atoms with Crippen molar-refractivity contribution in [3.8, 4) is 22.6 Å². The van der Waals surface area contributed by atoms with Gasteiger partial charge in [0.05, 0.1) is 5.69 Å². The highest BCUT2D eigenvalue weighted by atomic mass is 16.3. The van der Waals surface area contributed by atoms with Gasteiger partial charge in [0.2, 0.25) is 0 Å². The van der Waals surface area contributed by atoms with E-state index in [4.69, 9.17) is 9.40 Å². The predicted octanol–water partition coefficient (Wildman–Crippen LogP) is 6.02. The fraction of sp³-hybridized carbons (Fsp3) is 0.0435. The Bertz CT molecular complexity index is 1240. The van der Waals surface area contributed by atoms with Crippen molar-refractivity contribution in [2.45, 2.75) is 6.92 Å². The van der Waals surface area contributed by atoms with Gasteiger partial charge in [0.25, 0.3) is 0 Å². The lowest BCUT2D eigenvalue weighted by Gasteiger charge is -2.07. The molecule has 0 aliphatic heterocycles. The summed E-state index contributed by atoms with van der Waals surface area (Å²) in [6.07, 6.45) is 0. The standard InChI is InChI=1S/C23H16N2O/c1-15-14-20(25-23(24-15)16-8-3-2-4-9-16)19-12-7-11-18-17-10-5-6-13-21(17)26-22(18)19/h2-14H,1H3. The predicted molar refractivity (Wildman–Crippen MR) is 105 cm³/mol. The second-order valence-corrected chi connectivity index (χ2v) is 6.36. The van der Waals surface area contributed by atoms with Crippen molar-refractivity contribution in [2.24, 2.45) is 0 Å². The Morgan fingerprint density at radius 2 is 1.50 bits per heavy atom. The average molecular weight is 336 g/mol. The van der Waals surface area contributed by atoms with E-state index < -0.39 is 0 Å². The summed E-state index contributed by atoms with van der Waals surface area (Å²) in [6, 6.07) is 26.4. The van der Waals surface area contributed by atoms with Crippen molar-refractivity contribution in [3.63, 3.8) is 0 Å². The number of nitrogens with zero attached hydrogens (tertiary/aromatic N) is 2. The van der Waals surface area contributed by atoms with E-state index in [9.17, 15) is 0 Å². The van der Waals surface area contributed by atoms with Gasteiger partial charge in [-0.25, -0.2) is 9.97 Å². The fourth-order valence-electron chi connectivity index (χ4n) is 3.37. The van der Waals surface area contributed by atoms with Crippen molar-refractivity contribution >= 4 is 21.9 Å². The van der Waals surface area contributed by atoms with E-state index in [0.717, 1.165) is 50.3 Å². The number of hydrogen-bond donors (Lipinski definition) is 0. The van der Waals surface area contributed by atoms with E-state index in [2.05, 4.69) is 29.2 Å². The van der Waals surface area contributed by atoms with Gasteiger partial charge in [-0.05, 0) is 25.1 Å². The summed E-state index contributed by atoms with van der Waals surface area (Å²) in [7, 11) is 0. The van der Waals surface area contributed by atoms with Crippen LogP contribution < -0.4 is 0 Å². The molecular weight excluding hydrogens is 320 g/mol. The second kappa shape index (κ2) is 5.81. The lowest BCUT2D eigenvalue weighted by atomic mass is 10.1. The minimum Gasteiger partial charge on any atom is -0.455 e. The van der Waals surface area contributed by atoms with Crippen LogP contribution in [0.25, 0.3) is 44.6 Å². The molecule has 0 aliphatic carbocycles. The SMILES string of the molecule is Cc1cc(-c2cccc3c2oc2ccccc23)nc(-c2ccccc2)n1. The molecule has 5 rings (SSSR count). The first-order valence-electron chi connectivity index (χ1n) is 8.61. The molecule has 124 valence electrons. The first-order chi connectivity index (χ1) is 12.8. The fourth-order valence-corrected chi connectivity index (χ4v) is 3.37. The van der Waals surface area contributed by atoms with Crippen molar-refractivity contribution in [1.82, 2.24) is 9.97 Å². The summed E-state index contributed by atoms with van der Waals surface area (Å²) in [4.78, 5) is 9.43. The average Bonchev–Trinajstić information content (AvgIpc) is 3.07. The van der Waals surface area contributed by atoms with Gasteiger partial charge in [0.1, 0.15) is 11.2 Å². The van der Waals surface area contributed by atoms with Crippen LogP contribution in [0.5, 0.6) is 0 Å². The minimum absolute atomic E-state index is 0.730. The molecular formula is C23H16N2O. The molecule has 2 aromatic heterocycles. The zero-order valence-electron chi connectivity index (χ0n) is 14.3. The monoisotopic (exact) mass is 336 g/mol. The summed E-state index contributed by atoms with van der Waals surface area (Å²) >= 11 is 0. The topological polar surface area (TPSA) is 38.9 Å². The number of furan rings is 1. The van der Waals surface area contributed by atoms with Crippen LogP contribution in [0, 0.1) is 6.92 Å². The maximum absolute atomic E-state index is 6.16. The van der Waals surface area contributed by atoms with Gasteiger partial charge in [-0.15, -0.1) is 0 Å². The first-order valence-corrected chi connectivity index (χ1v) is 8.61. The van der Waals surface area contributed by atoms with E-state index in [1.165, 1.54) is 0 Å². The molecule has 0 N–H and O–H groups in total. The molecule has 0 spiro atoms. The number of hydrogen-bond acceptors (Lipinski definition) is 3. The van der Waals surface area contributed by atoms with Gasteiger partial charge < -0.3 is 4.42 Å². The molecule has 3 aromatic carbocycles. The number of rotatable bonds is 2. The van der Waals surface area contributed by atoms with Gasteiger partial charge in [-0.2, -0.15) is 0 Å². The van der Waals surface area contributed by atoms with Crippen molar-refractivity contribution in [2.75, 3.05) is 0 Å². The molecule has 26 heavy (non-hydrogen) atoms. The smallest absolute Gasteiger partial charge is 0.160 e. The van der Waals surface area contributed by atoms with Gasteiger partial charge in [-0.3, -0.25) is 0 Å². The van der Waals surface area contributed by atoms with Crippen LogP contribution in [-0.4, -0.2) is 9.97 Å². The Balaban J connectivity index is 1.77. The maximum Gasteiger partial charge on any atom is 0.160 e. The molecule has 3 heteroatoms. The highest BCUT2D eigenvalue weighted by molar-refractivity contribution is 6.09. The molecule has 0 atom stereocenters. The van der Waals surface area contributed by atoms with Crippen LogP contribution >= 0.6 is 0 Å². The maximum atomic E-state index is 6.16. The van der Waals surface area contributed by atoms with Gasteiger partial charge in [0.15, 0.2) is 5.82 Å². The lowest BCUT2D eigenvalue weighted by Crippen LogP contribution is -1.95. The third-order valence-electron chi connectivity index (χ3n) is 4.57. The third-order valence-corrected chi connectivity index (χ3v) is 4.57. The number of aryl methyl sites for hydroxylation is 1. The molecule has 0 aliphatic rings. The summed E-state index contributed by atoms with van der Waals surface area (Å²) < 4.78 is 6.16. The van der Waals surface area contributed by atoms with Crippen LogP contribution in [0.3, 0.4) is 0 Å². The van der Waals surface area contributed by atoms with Crippen LogP contribution in [-0.2, 0) is 0 Å². The summed E-state index contributed by atoms with van der Waals surface area (Å²) in [6.45, 7) is 2.00. The van der Waals surface area contributed by atoms with Gasteiger partial charge >= 0.3 is 0 Å². The quantitative estimate of drug-likeness (QED) is 0.396. The molecule has 0 saturated heterocycles. The molecule has 0 radical (unpaired) electrons. The highest BCUT2D eigenvalue weighted by Gasteiger charge is 2.14.